The highest BCUT2D eigenvalue weighted by Gasteiger charge is 2.43. The van der Waals surface area contributed by atoms with Crippen LogP contribution in [-0.2, 0) is 0 Å². The maximum Gasteiger partial charge on any atom is 0.194 e. The van der Waals surface area contributed by atoms with Crippen LogP contribution in [-0.4, -0.2) is 46.1 Å². The molecule has 0 amide bonds. The molecule has 1 saturated carbocycles. The molecule has 1 aromatic carbocycles. The third-order valence-corrected chi connectivity index (χ3v) is 6.24. The van der Waals surface area contributed by atoms with Gasteiger partial charge < -0.3 is 14.8 Å². The van der Waals surface area contributed by atoms with Crippen molar-refractivity contribution in [3.63, 3.8) is 0 Å². The van der Waals surface area contributed by atoms with Gasteiger partial charge in [-0.05, 0) is 37.8 Å². The number of piperidine rings is 1. The van der Waals surface area contributed by atoms with Gasteiger partial charge in [0.25, 0.3) is 0 Å². The first-order chi connectivity index (χ1) is 13.6. The molecule has 2 heterocycles. The molecule has 0 bridgehead atoms. The zero-order chi connectivity index (χ0) is 19.7. The van der Waals surface area contributed by atoms with Gasteiger partial charge in [-0.25, -0.2) is 9.37 Å². The SMILES string of the molecule is CCN=C(NC1CC1c1c(F)cccc1Cl)N1CCC(C)C(n2ccnc2)C1.I. The van der Waals surface area contributed by atoms with Crippen LogP contribution in [0.1, 0.15) is 44.2 Å². The number of benzene rings is 1. The average Bonchev–Trinajstić information content (AvgIpc) is 3.19. The normalized spacial score (nSPS) is 26.8. The second-order valence-electron chi connectivity index (χ2n) is 7.82. The summed E-state index contributed by atoms with van der Waals surface area (Å²) in [4.78, 5) is 11.3. The topological polar surface area (TPSA) is 45.5 Å². The van der Waals surface area contributed by atoms with Crippen LogP contribution in [0.2, 0.25) is 5.02 Å². The molecule has 4 unspecified atom stereocenters. The zero-order valence-corrected chi connectivity index (χ0v) is 19.8. The Hall–Kier alpha value is -1.35. The van der Waals surface area contributed by atoms with Crippen LogP contribution in [0, 0.1) is 11.7 Å². The van der Waals surface area contributed by atoms with Gasteiger partial charge in [0.1, 0.15) is 5.82 Å². The molecule has 1 N–H and O–H groups in total. The summed E-state index contributed by atoms with van der Waals surface area (Å²) >= 11 is 6.25. The standard InChI is InChI=1S/C21H27ClFN5.HI/c1-3-25-21(26-18-11-15(18)20-16(22)5-4-6-17(20)23)27-9-7-14(2)19(12-27)28-10-8-24-13-28;/h4-6,8,10,13-15,18-19H,3,7,9,11-12H2,1-2H3,(H,25,26);1H. The fraction of sp³-hybridized carbons (Fsp3) is 0.524. The number of hydrogen-bond donors (Lipinski definition) is 1. The lowest BCUT2D eigenvalue weighted by atomic mass is 9.93. The molecular weight excluding hydrogens is 504 g/mol. The van der Waals surface area contributed by atoms with E-state index in [1.54, 1.807) is 12.1 Å². The Labute approximate surface area is 193 Å². The minimum atomic E-state index is -0.220. The summed E-state index contributed by atoms with van der Waals surface area (Å²) in [6, 6.07) is 5.44. The van der Waals surface area contributed by atoms with E-state index < -0.39 is 0 Å². The van der Waals surface area contributed by atoms with Crippen LogP contribution in [0.5, 0.6) is 0 Å². The lowest BCUT2D eigenvalue weighted by Crippen LogP contribution is -2.49. The molecule has 1 aliphatic carbocycles. The van der Waals surface area contributed by atoms with Crippen molar-refractivity contribution in [2.45, 2.75) is 44.7 Å². The van der Waals surface area contributed by atoms with Gasteiger partial charge in [-0.1, -0.05) is 24.6 Å². The van der Waals surface area contributed by atoms with Crippen molar-refractivity contribution in [3.05, 3.63) is 53.3 Å². The van der Waals surface area contributed by atoms with Crippen molar-refractivity contribution in [3.8, 4) is 0 Å². The first kappa shape index (κ1) is 22.3. The monoisotopic (exact) mass is 531 g/mol. The molecule has 0 radical (unpaired) electrons. The summed E-state index contributed by atoms with van der Waals surface area (Å²) in [5.74, 6) is 1.38. The van der Waals surface area contributed by atoms with E-state index in [2.05, 4.69) is 26.7 Å². The van der Waals surface area contributed by atoms with E-state index in [1.807, 2.05) is 25.6 Å². The molecule has 1 saturated heterocycles. The number of halogens is 3. The van der Waals surface area contributed by atoms with Gasteiger partial charge >= 0.3 is 0 Å². The third kappa shape index (κ3) is 4.87. The summed E-state index contributed by atoms with van der Waals surface area (Å²) in [7, 11) is 0. The molecule has 4 atom stereocenters. The largest absolute Gasteiger partial charge is 0.353 e. The number of nitrogens with zero attached hydrogens (tertiary/aromatic N) is 4. The van der Waals surface area contributed by atoms with Crippen molar-refractivity contribution in [1.29, 1.82) is 0 Å². The van der Waals surface area contributed by atoms with Gasteiger partial charge in [0.05, 0.1) is 12.4 Å². The second-order valence-corrected chi connectivity index (χ2v) is 8.22. The molecule has 158 valence electrons. The maximum atomic E-state index is 14.2. The molecule has 2 fully saturated rings. The van der Waals surface area contributed by atoms with Gasteiger partial charge in [0.15, 0.2) is 5.96 Å². The molecule has 2 aliphatic rings. The van der Waals surface area contributed by atoms with Crippen molar-refractivity contribution >= 4 is 41.5 Å². The summed E-state index contributed by atoms with van der Waals surface area (Å²) in [5, 5.41) is 4.08. The number of rotatable bonds is 4. The number of hydrogen-bond acceptors (Lipinski definition) is 2. The number of imidazole rings is 1. The van der Waals surface area contributed by atoms with Gasteiger partial charge in [0.2, 0.25) is 0 Å². The Balaban J connectivity index is 0.00000240. The van der Waals surface area contributed by atoms with Crippen molar-refractivity contribution in [1.82, 2.24) is 19.8 Å². The van der Waals surface area contributed by atoms with Gasteiger partial charge in [0, 0.05) is 54.6 Å². The van der Waals surface area contributed by atoms with E-state index in [1.165, 1.54) is 6.07 Å². The van der Waals surface area contributed by atoms with Crippen LogP contribution in [0.4, 0.5) is 4.39 Å². The van der Waals surface area contributed by atoms with Crippen molar-refractivity contribution < 1.29 is 4.39 Å². The molecular formula is C21H28ClFIN5. The summed E-state index contributed by atoms with van der Waals surface area (Å²) in [6.45, 7) is 6.90. The first-order valence-electron chi connectivity index (χ1n) is 10.1. The van der Waals surface area contributed by atoms with E-state index in [4.69, 9.17) is 16.6 Å². The lowest BCUT2D eigenvalue weighted by Gasteiger charge is -2.39. The molecule has 0 spiro atoms. The Morgan fingerprint density at radius 2 is 2.24 bits per heavy atom. The van der Waals surface area contributed by atoms with Crippen LogP contribution in [0.25, 0.3) is 0 Å². The smallest absolute Gasteiger partial charge is 0.194 e. The number of guanidine groups is 1. The highest BCUT2D eigenvalue weighted by atomic mass is 127. The predicted octanol–water partition coefficient (Wildman–Crippen LogP) is 4.70. The Morgan fingerprint density at radius 3 is 2.93 bits per heavy atom. The van der Waals surface area contributed by atoms with E-state index >= 15 is 0 Å². The first-order valence-corrected chi connectivity index (χ1v) is 10.4. The highest BCUT2D eigenvalue weighted by Crippen LogP contribution is 2.45. The number of nitrogens with one attached hydrogen (secondary N) is 1. The van der Waals surface area contributed by atoms with Crippen LogP contribution >= 0.6 is 35.6 Å². The number of likely N-dealkylation sites (tertiary alicyclic amines) is 1. The molecule has 1 aliphatic heterocycles. The molecule has 4 rings (SSSR count). The predicted molar refractivity (Wildman–Crippen MR) is 126 cm³/mol. The van der Waals surface area contributed by atoms with E-state index in [-0.39, 0.29) is 41.8 Å². The Kier molecular flexibility index (Phi) is 7.42. The van der Waals surface area contributed by atoms with Gasteiger partial charge in [-0.15, -0.1) is 24.0 Å². The molecule has 1 aromatic heterocycles. The van der Waals surface area contributed by atoms with E-state index in [9.17, 15) is 4.39 Å². The Bertz CT molecular complexity index is 823. The quantitative estimate of drug-likeness (QED) is 0.353. The zero-order valence-electron chi connectivity index (χ0n) is 16.8. The fourth-order valence-electron chi connectivity index (χ4n) is 4.19. The Morgan fingerprint density at radius 1 is 1.41 bits per heavy atom. The summed E-state index contributed by atoms with van der Waals surface area (Å²) < 4.78 is 16.4. The summed E-state index contributed by atoms with van der Waals surface area (Å²) in [5.41, 5.74) is 0.626. The molecule has 8 heteroatoms. The van der Waals surface area contributed by atoms with E-state index in [0.717, 1.165) is 31.9 Å². The van der Waals surface area contributed by atoms with E-state index in [0.29, 0.717) is 29.1 Å². The third-order valence-electron chi connectivity index (χ3n) is 5.91. The van der Waals surface area contributed by atoms with Crippen molar-refractivity contribution in [2.75, 3.05) is 19.6 Å². The van der Waals surface area contributed by atoms with Gasteiger partial charge in [-0.2, -0.15) is 0 Å². The minimum Gasteiger partial charge on any atom is -0.353 e. The molecule has 2 aromatic rings. The van der Waals surface area contributed by atoms with Gasteiger partial charge in [-0.3, -0.25) is 4.99 Å². The lowest BCUT2D eigenvalue weighted by molar-refractivity contribution is 0.188. The molecule has 5 nitrogen and oxygen atoms in total. The number of aromatic nitrogens is 2. The molecule has 29 heavy (non-hydrogen) atoms. The van der Waals surface area contributed by atoms with Crippen LogP contribution in [0.15, 0.2) is 41.9 Å². The second kappa shape index (κ2) is 9.64. The van der Waals surface area contributed by atoms with Crippen molar-refractivity contribution in [2.24, 2.45) is 10.9 Å². The van der Waals surface area contributed by atoms with Crippen LogP contribution in [0.3, 0.4) is 0 Å². The number of aliphatic imine (C=N–C) groups is 1. The summed E-state index contributed by atoms with van der Waals surface area (Å²) in [6.07, 6.45) is 7.73. The minimum absolute atomic E-state index is 0. The maximum absolute atomic E-state index is 14.2. The average molecular weight is 532 g/mol. The highest BCUT2D eigenvalue weighted by molar-refractivity contribution is 14.0. The fourth-order valence-corrected chi connectivity index (χ4v) is 4.49. The van der Waals surface area contributed by atoms with Crippen LogP contribution < -0.4 is 5.32 Å².